The molecule has 2 amide bonds. The van der Waals surface area contributed by atoms with E-state index in [0.29, 0.717) is 4.90 Å². The summed E-state index contributed by atoms with van der Waals surface area (Å²) >= 11 is 0. The molecule has 0 aromatic carbocycles. The minimum atomic E-state index is -1.36. The van der Waals surface area contributed by atoms with Crippen LogP contribution in [-0.4, -0.2) is 40.1 Å². The summed E-state index contributed by atoms with van der Waals surface area (Å²) in [6, 6.07) is 0. The zero-order valence-electron chi connectivity index (χ0n) is 9.22. The third-order valence-corrected chi connectivity index (χ3v) is 3.20. The van der Waals surface area contributed by atoms with Crippen molar-refractivity contribution in [3.8, 4) is 0 Å². The van der Waals surface area contributed by atoms with Gasteiger partial charge in [0.1, 0.15) is 17.5 Å². The van der Waals surface area contributed by atoms with Crippen LogP contribution in [0.25, 0.3) is 0 Å². The molecule has 1 heterocycles. The number of carbonyl (C=O) groups excluding carboxylic acids is 3. The summed E-state index contributed by atoms with van der Waals surface area (Å²) in [5, 5.41) is 8.78. The molecule has 1 N–H and O–H groups in total. The van der Waals surface area contributed by atoms with E-state index in [1.165, 1.54) is 0 Å². The molecule has 0 aromatic rings. The number of hydrogen-bond donors (Lipinski definition) is 1. The van der Waals surface area contributed by atoms with Crippen molar-refractivity contribution in [2.45, 2.75) is 25.7 Å². The molecule has 0 aromatic heterocycles. The lowest BCUT2D eigenvalue weighted by molar-refractivity contribution is -0.146. The van der Waals surface area contributed by atoms with Crippen molar-refractivity contribution in [2.24, 2.45) is 11.8 Å². The van der Waals surface area contributed by atoms with Crippen LogP contribution in [0.5, 0.6) is 0 Å². The predicted octanol–water partition coefficient (Wildman–Crippen LogP) is 0.451. The number of nitrogens with zero attached hydrogens (tertiary/aromatic N) is 1. The van der Waals surface area contributed by atoms with Gasteiger partial charge in [0, 0.05) is 25.3 Å². The average molecular weight is 239 g/mol. The highest BCUT2D eigenvalue weighted by atomic mass is 16.4. The van der Waals surface area contributed by atoms with E-state index in [9.17, 15) is 19.2 Å². The molecule has 1 aliphatic carbocycles. The molecular formula is C11H13NO5. The van der Waals surface area contributed by atoms with Crippen LogP contribution < -0.4 is 0 Å². The molecule has 2 fully saturated rings. The highest BCUT2D eigenvalue weighted by Crippen LogP contribution is 2.33. The Morgan fingerprint density at radius 1 is 1.29 bits per heavy atom. The summed E-state index contributed by atoms with van der Waals surface area (Å²) in [7, 11) is 0. The lowest BCUT2D eigenvalue weighted by Gasteiger charge is -2.27. The van der Waals surface area contributed by atoms with E-state index in [1.54, 1.807) is 0 Å². The van der Waals surface area contributed by atoms with E-state index in [4.69, 9.17) is 5.11 Å². The van der Waals surface area contributed by atoms with Crippen LogP contribution in [0.1, 0.15) is 25.7 Å². The Balaban J connectivity index is 2.06. The van der Waals surface area contributed by atoms with Crippen molar-refractivity contribution in [1.29, 1.82) is 0 Å². The van der Waals surface area contributed by atoms with E-state index >= 15 is 0 Å². The Morgan fingerprint density at radius 2 is 1.94 bits per heavy atom. The molecule has 0 radical (unpaired) electrons. The first-order chi connectivity index (χ1) is 8.00. The maximum Gasteiger partial charge on any atom is 0.414 e. The van der Waals surface area contributed by atoms with Gasteiger partial charge in [-0.15, -0.1) is 0 Å². The van der Waals surface area contributed by atoms with Gasteiger partial charge in [-0.2, -0.15) is 0 Å². The van der Waals surface area contributed by atoms with Gasteiger partial charge < -0.3 is 5.11 Å². The van der Waals surface area contributed by atoms with E-state index in [2.05, 4.69) is 0 Å². The first kappa shape index (κ1) is 11.8. The number of piperidine rings is 1. The monoisotopic (exact) mass is 239 g/mol. The van der Waals surface area contributed by atoms with Gasteiger partial charge in [0.2, 0.25) is 5.91 Å². The van der Waals surface area contributed by atoms with Gasteiger partial charge in [-0.3, -0.25) is 14.4 Å². The summed E-state index contributed by atoms with van der Waals surface area (Å²) in [5.41, 5.74) is 0. The smallest absolute Gasteiger partial charge is 0.414 e. The molecule has 1 unspecified atom stereocenters. The molecule has 0 spiro atoms. The fraction of sp³-hybridized carbons (Fsp3) is 0.636. The van der Waals surface area contributed by atoms with Crippen LogP contribution in [0.4, 0.5) is 4.79 Å². The lowest BCUT2D eigenvalue weighted by Crippen LogP contribution is -2.49. The van der Waals surface area contributed by atoms with Crippen LogP contribution in [0.3, 0.4) is 0 Å². The second-order valence-corrected chi connectivity index (χ2v) is 4.49. The highest BCUT2D eigenvalue weighted by molar-refractivity contribution is 6.10. The Hall–Kier alpha value is -1.72. The number of likely N-dealkylation sites (tertiary alicyclic amines) is 1. The Labute approximate surface area is 97.6 Å². The topological polar surface area (TPSA) is 91.8 Å². The molecule has 1 saturated heterocycles. The van der Waals surface area contributed by atoms with Crippen LogP contribution in [0.15, 0.2) is 0 Å². The number of rotatable bonds is 3. The van der Waals surface area contributed by atoms with Crippen LogP contribution in [-0.2, 0) is 14.4 Å². The fourth-order valence-electron chi connectivity index (χ4n) is 2.00. The molecule has 1 atom stereocenters. The molecular weight excluding hydrogens is 226 g/mol. The first-order valence-corrected chi connectivity index (χ1v) is 5.60. The Bertz CT molecular complexity index is 399. The first-order valence-electron chi connectivity index (χ1n) is 5.60. The van der Waals surface area contributed by atoms with Crippen molar-refractivity contribution in [1.82, 2.24) is 4.90 Å². The van der Waals surface area contributed by atoms with E-state index in [1.807, 2.05) is 0 Å². The van der Waals surface area contributed by atoms with Gasteiger partial charge in [0.15, 0.2) is 0 Å². The standard InChI is InChI=1S/C11H13NO5/c13-8-3-4-12(11(16)17)10(15)7(8)5-9(14)6-1-2-6/h6-7H,1-5H2,(H,16,17). The zero-order chi connectivity index (χ0) is 12.6. The molecule has 92 valence electrons. The highest BCUT2D eigenvalue weighted by Gasteiger charge is 2.41. The molecule has 17 heavy (non-hydrogen) atoms. The number of ketones is 2. The summed E-state index contributed by atoms with van der Waals surface area (Å²) in [6.07, 6.45) is 0.159. The normalized spacial score (nSPS) is 24.9. The predicted molar refractivity (Wildman–Crippen MR) is 55.2 cm³/mol. The van der Waals surface area contributed by atoms with Crippen molar-refractivity contribution in [2.75, 3.05) is 6.54 Å². The second-order valence-electron chi connectivity index (χ2n) is 4.49. The molecule has 0 bridgehead atoms. The molecule has 2 aliphatic rings. The van der Waals surface area contributed by atoms with E-state index in [-0.39, 0.29) is 36.9 Å². The van der Waals surface area contributed by atoms with Gasteiger partial charge in [-0.05, 0) is 12.8 Å². The van der Waals surface area contributed by atoms with Crippen LogP contribution in [0.2, 0.25) is 0 Å². The molecule has 1 saturated carbocycles. The zero-order valence-corrected chi connectivity index (χ0v) is 9.22. The fourth-order valence-corrected chi connectivity index (χ4v) is 2.00. The lowest BCUT2D eigenvalue weighted by atomic mass is 9.90. The quantitative estimate of drug-likeness (QED) is 0.722. The SMILES string of the molecule is O=C(CC1C(=O)CCN(C(=O)O)C1=O)C1CC1. The third-order valence-electron chi connectivity index (χ3n) is 3.20. The van der Waals surface area contributed by atoms with Gasteiger partial charge in [0.25, 0.3) is 0 Å². The maximum absolute atomic E-state index is 11.7. The van der Waals surface area contributed by atoms with Gasteiger partial charge in [-0.1, -0.05) is 0 Å². The molecule has 6 heteroatoms. The number of carboxylic acid groups (broad SMARTS) is 1. The summed E-state index contributed by atoms with van der Waals surface area (Å²) in [4.78, 5) is 46.2. The number of Topliss-reactive ketones (excluding diaryl/α,β-unsaturated/α-hetero) is 2. The van der Waals surface area contributed by atoms with Gasteiger partial charge in [-0.25, -0.2) is 9.69 Å². The minimum Gasteiger partial charge on any atom is -0.465 e. The average Bonchev–Trinajstić information content (AvgIpc) is 3.06. The number of amides is 2. The largest absolute Gasteiger partial charge is 0.465 e. The van der Waals surface area contributed by atoms with Crippen LogP contribution >= 0.6 is 0 Å². The number of carbonyl (C=O) groups is 4. The second kappa shape index (κ2) is 4.27. The van der Waals surface area contributed by atoms with Gasteiger partial charge in [0.05, 0.1) is 0 Å². The molecule has 1 aliphatic heterocycles. The molecule has 2 rings (SSSR count). The van der Waals surface area contributed by atoms with E-state index in [0.717, 1.165) is 12.8 Å². The maximum atomic E-state index is 11.7. The van der Waals surface area contributed by atoms with E-state index < -0.39 is 17.9 Å². The van der Waals surface area contributed by atoms with Crippen LogP contribution in [0, 0.1) is 11.8 Å². The Kier molecular flexibility index (Phi) is 2.95. The minimum absolute atomic E-state index is 0.0145. The Morgan fingerprint density at radius 3 is 2.47 bits per heavy atom. The summed E-state index contributed by atoms with van der Waals surface area (Å²) < 4.78 is 0. The van der Waals surface area contributed by atoms with Crippen molar-refractivity contribution in [3.63, 3.8) is 0 Å². The summed E-state index contributed by atoms with van der Waals surface area (Å²) in [5.74, 6) is -2.25. The third kappa shape index (κ3) is 2.35. The van der Waals surface area contributed by atoms with Crippen molar-refractivity contribution >= 4 is 23.6 Å². The number of hydrogen-bond acceptors (Lipinski definition) is 4. The number of imide groups is 1. The van der Waals surface area contributed by atoms with Gasteiger partial charge >= 0.3 is 6.09 Å². The van der Waals surface area contributed by atoms with Crippen molar-refractivity contribution < 1.29 is 24.3 Å². The molecule has 6 nitrogen and oxygen atoms in total. The van der Waals surface area contributed by atoms with Crippen molar-refractivity contribution in [3.05, 3.63) is 0 Å². The summed E-state index contributed by atoms with van der Waals surface area (Å²) in [6.45, 7) is -0.0961.